The summed E-state index contributed by atoms with van der Waals surface area (Å²) in [5, 5.41) is 3.40. The van der Waals surface area contributed by atoms with E-state index in [0.717, 1.165) is 31.6 Å². The lowest BCUT2D eigenvalue weighted by Crippen LogP contribution is -2.57. The molecule has 18 heavy (non-hydrogen) atoms. The van der Waals surface area contributed by atoms with Gasteiger partial charge in [0, 0.05) is 37.9 Å². The minimum absolute atomic E-state index is 0.134. The summed E-state index contributed by atoms with van der Waals surface area (Å²) in [6.07, 6.45) is 2.26. The highest BCUT2D eigenvalue weighted by Crippen LogP contribution is 2.28. The van der Waals surface area contributed by atoms with E-state index in [1.807, 2.05) is 37.4 Å². The van der Waals surface area contributed by atoms with Crippen LogP contribution in [0.1, 0.15) is 12.8 Å². The van der Waals surface area contributed by atoms with E-state index in [4.69, 9.17) is 0 Å². The minimum Gasteiger partial charge on any atom is -0.316 e. The van der Waals surface area contributed by atoms with Crippen molar-refractivity contribution in [3.05, 3.63) is 30.3 Å². The van der Waals surface area contributed by atoms with Crippen LogP contribution in [0, 0.1) is 0 Å². The van der Waals surface area contributed by atoms with Crippen LogP contribution in [-0.4, -0.2) is 43.2 Å². The summed E-state index contributed by atoms with van der Waals surface area (Å²) in [7, 11) is 1.86. The molecule has 2 saturated heterocycles. The number of nitrogens with zero attached hydrogens (tertiary/aromatic N) is 2. The molecule has 3 rings (SSSR count). The van der Waals surface area contributed by atoms with Gasteiger partial charge in [-0.25, -0.2) is 4.79 Å². The predicted octanol–water partition coefficient (Wildman–Crippen LogP) is 1.68. The number of rotatable bonds is 1. The van der Waals surface area contributed by atoms with Gasteiger partial charge in [-0.3, -0.25) is 4.90 Å². The maximum Gasteiger partial charge on any atom is 0.324 e. The Bertz CT molecular complexity index is 418. The summed E-state index contributed by atoms with van der Waals surface area (Å²) in [6, 6.07) is 10.7. The Balaban J connectivity index is 1.79. The fourth-order valence-electron chi connectivity index (χ4n) is 3.03. The number of carbonyl (C=O) groups excluding carboxylic acids is 1. The van der Waals surface area contributed by atoms with Crippen molar-refractivity contribution in [2.45, 2.75) is 24.9 Å². The average Bonchev–Trinajstić information content (AvgIpc) is 2.67. The van der Waals surface area contributed by atoms with Gasteiger partial charge >= 0.3 is 6.03 Å². The lowest BCUT2D eigenvalue weighted by Gasteiger charge is -2.37. The molecular formula is C14H19N3O. The average molecular weight is 245 g/mol. The van der Waals surface area contributed by atoms with E-state index in [-0.39, 0.29) is 6.03 Å². The molecular weight excluding hydrogens is 226 g/mol. The summed E-state index contributed by atoms with van der Waals surface area (Å²) in [5.74, 6) is 0. The van der Waals surface area contributed by atoms with Crippen molar-refractivity contribution in [3.63, 3.8) is 0 Å². The Morgan fingerprint density at radius 2 is 1.83 bits per heavy atom. The van der Waals surface area contributed by atoms with Gasteiger partial charge in [-0.05, 0) is 25.0 Å². The molecule has 0 aliphatic carbocycles. The third-order valence-corrected chi connectivity index (χ3v) is 4.03. The van der Waals surface area contributed by atoms with Crippen LogP contribution in [0.4, 0.5) is 10.5 Å². The van der Waals surface area contributed by atoms with Gasteiger partial charge in [0.2, 0.25) is 0 Å². The molecule has 2 bridgehead atoms. The molecule has 0 radical (unpaired) electrons. The SMILES string of the molecule is CN(C(=O)N1C2CCC1CNC2)c1ccccc1. The number of anilines is 1. The zero-order valence-electron chi connectivity index (χ0n) is 10.7. The van der Waals surface area contributed by atoms with Crippen LogP contribution in [0.25, 0.3) is 0 Å². The second-order valence-electron chi connectivity index (χ2n) is 5.13. The Kier molecular flexibility index (Phi) is 2.96. The van der Waals surface area contributed by atoms with E-state index in [1.165, 1.54) is 0 Å². The Morgan fingerprint density at radius 3 is 2.44 bits per heavy atom. The van der Waals surface area contributed by atoms with Gasteiger partial charge in [0.05, 0.1) is 0 Å². The zero-order chi connectivity index (χ0) is 12.5. The van der Waals surface area contributed by atoms with Gasteiger partial charge in [0.25, 0.3) is 0 Å². The summed E-state index contributed by atoms with van der Waals surface area (Å²) in [5.41, 5.74) is 0.959. The van der Waals surface area contributed by atoms with Crippen LogP contribution in [-0.2, 0) is 0 Å². The van der Waals surface area contributed by atoms with Crippen LogP contribution in [0.3, 0.4) is 0 Å². The maximum atomic E-state index is 12.6. The number of urea groups is 1. The number of nitrogens with one attached hydrogen (secondary N) is 1. The molecule has 0 saturated carbocycles. The molecule has 0 spiro atoms. The number of benzene rings is 1. The number of para-hydroxylation sites is 1. The normalized spacial score (nSPS) is 26.2. The van der Waals surface area contributed by atoms with Gasteiger partial charge in [0.1, 0.15) is 0 Å². The Hall–Kier alpha value is -1.55. The van der Waals surface area contributed by atoms with Crippen molar-refractivity contribution in [1.82, 2.24) is 10.2 Å². The van der Waals surface area contributed by atoms with Crippen molar-refractivity contribution in [2.75, 3.05) is 25.0 Å². The first-order chi connectivity index (χ1) is 8.77. The van der Waals surface area contributed by atoms with Crippen molar-refractivity contribution in [1.29, 1.82) is 0 Å². The zero-order valence-corrected chi connectivity index (χ0v) is 10.7. The summed E-state index contributed by atoms with van der Waals surface area (Å²) < 4.78 is 0. The van der Waals surface area contributed by atoms with Crippen molar-refractivity contribution in [3.8, 4) is 0 Å². The molecule has 96 valence electrons. The number of hydrogen-bond acceptors (Lipinski definition) is 2. The molecule has 0 aromatic heterocycles. The number of fused-ring (bicyclic) bond motifs is 2. The van der Waals surface area contributed by atoms with E-state index >= 15 is 0 Å². The first-order valence-corrected chi connectivity index (χ1v) is 6.59. The molecule has 4 nitrogen and oxygen atoms in total. The first-order valence-electron chi connectivity index (χ1n) is 6.59. The fourth-order valence-corrected chi connectivity index (χ4v) is 3.03. The van der Waals surface area contributed by atoms with Gasteiger partial charge < -0.3 is 10.2 Å². The summed E-state index contributed by atoms with van der Waals surface area (Å²) >= 11 is 0. The first kappa shape index (κ1) is 11.5. The van der Waals surface area contributed by atoms with Gasteiger partial charge in [-0.1, -0.05) is 18.2 Å². The topological polar surface area (TPSA) is 35.6 Å². The molecule has 1 N–H and O–H groups in total. The number of amides is 2. The fraction of sp³-hybridized carbons (Fsp3) is 0.500. The Labute approximate surface area is 108 Å². The van der Waals surface area contributed by atoms with Crippen LogP contribution in [0.2, 0.25) is 0 Å². The van der Waals surface area contributed by atoms with Crippen molar-refractivity contribution < 1.29 is 4.79 Å². The van der Waals surface area contributed by atoms with Gasteiger partial charge in [-0.15, -0.1) is 0 Å². The molecule has 4 heteroatoms. The van der Waals surface area contributed by atoms with Crippen LogP contribution < -0.4 is 10.2 Å². The van der Waals surface area contributed by atoms with E-state index in [2.05, 4.69) is 10.2 Å². The molecule has 1 aromatic rings. The Morgan fingerprint density at radius 1 is 1.22 bits per heavy atom. The van der Waals surface area contributed by atoms with Crippen LogP contribution in [0.5, 0.6) is 0 Å². The van der Waals surface area contributed by atoms with Crippen molar-refractivity contribution >= 4 is 11.7 Å². The number of carbonyl (C=O) groups is 1. The highest BCUT2D eigenvalue weighted by molar-refractivity contribution is 5.92. The highest BCUT2D eigenvalue weighted by atomic mass is 16.2. The molecule has 2 aliphatic heterocycles. The van der Waals surface area contributed by atoms with E-state index in [1.54, 1.807) is 4.90 Å². The van der Waals surface area contributed by atoms with E-state index in [9.17, 15) is 4.79 Å². The number of piperazine rings is 1. The third-order valence-electron chi connectivity index (χ3n) is 4.03. The predicted molar refractivity (Wildman–Crippen MR) is 71.8 cm³/mol. The van der Waals surface area contributed by atoms with E-state index < -0.39 is 0 Å². The lowest BCUT2D eigenvalue weighted by molar-refractivity contribution is 0.161. The quantitative estimate of drug-likeness (QED) is 0.817. The summed E-state index contributed by atoms with van der Waals surface area (Å²) in [4.78, 5) is 16.4. The molecule has 2 aliphatic rings. The molecule has 2 heterocycles. The minimum atomic E-state index is 0.134. The highest BCUT2D eigenvalue weighted by Gasteiger charge is 2.40. The third kappa shape index (κ3) is 1.86. The second kappa shape index (κ2) is 4.61. The number of hydrogen-bond donors (Lipinski definition) is 1. The van der Waals surface area contributed by atoms with Crippen LogP contribution in [0.15, 0.2) is 30.3 Å². The van der Waals surface area contributed by atoms with Crippen molar-refractivity contribution in [2.24, 2.45) is 0 Å². The largest absolute Gasteiger partial charge is 0.324 e. The molecule has 2 atom stereocenters. The van der Waals surface area contributed by atoms with Crippen LogP contribution >= 0.6 is 0 Å². The standard InChI is InChI=1S/C14H19N3O/c1-16(11-5-3-2-4-6-11)14(18)17-12-7-8-13(17)10-15-9-12/h2-6,12-13,15H,7-10H2,1H3. The van der Waals surface area contributed by atoms with E-state index in [0.29, 0.717) is 12.1 Å². The molecule has 2 fully saturated rings. The van der Waals surface area contributed by atoms with Gasteiger partial charge in [0.15, 0.2) is 0 Å². The molecule has 2 amide bonds. The van der Waals surface area contributed by atoms with Gasteiger partial charge in [-0.2, -0.15) is 0 Å². The smallest absolute Gasteiger partial charge is 0.316 e. The lowest BCUT2D eigenvalue weighted by atomic mass is 10.2. The second-order valence-corrected chi connectivity index (χ2v) is 5.13. The summed E-state index contributed by atoms with van der Waals surface area (Å²) in [6.45, 7) is 1.87. The molecule has 2 unspecified atom stereocenters. The monoisotopic (exact) mass is 245 g/mol. The maximum absolute atomic E-state index is 12.6. The molecule has 1 aromatic carbocycles.